The first kappa shape index (κ1) is 19.4. The summed E-state index contributed by atoms with van der Waals surface area (Å²) in [5.74, 6) is -0.103. The van der Waals surface area contributed by atoms with E-state index in [9.17, 15) is 13.2 Å². The van der Waals surface area contributed by atoms with Gasteiger partial charge in [0.25, 0.3) is 0 Å². The van der Waals surface area contributed by atoms with E-state index >= 15 is 0 Å². The van der Waals surface area contributed by atoms with Crippen molar-refractivity contribution in [3.8, 4) is 0 Å². The summed E-state index contributed by atoms with van der Waals surface area (Å²) in [7, 11) is -3.45. The van der Waals surface area contributed by atoms with Crippen molar-refractivity contribution in [3.63, 3.8) is 0 Å². The van der Waals surface area contributed by atoms with E-state index in [-0.39, 0.29) is 5.91 Å². The van der Waals surface area contributed by atoms with Gasteiger partial charge in [0.05, 0.1) is 4.90 Å². The van der Waals surface area contributed by atoms with Crippen LogP contribution >= 0.6 is 0 Å². The first-order valence-electron chi connectivity index (χ1n) is 9.12. The molecule has 3 rings (SSSR count). The lowest BCUT2D eigenvalue weighted by Gasteiger charge is -2.35. The molecule has 0 unspecified atom stereocenters. The van der Waals surface area contributed by atoms with Crippen molar-refractivity contribution in [2.24, 2.45) is 0 Å². The van der Waals surface area contributed by atoms with Crippen LogP contribution < -0.4 is 10.2 Å². The van der Waals surface area contributed by atoms with Crippen LogP contribution in [0.3, 0.4) is 0 Å². The number of nitrogens with zero attached hydrogens (tertiary/aromatic N) is 2. The molecule has 27 heavy (non-hydrogen) atoms. The molecule has 0 bridgehead atoms. The van der Waals surface area contributed by atoms with Crippen molar-refractivity contribution in [2.45, 2.75) is 25.2 Å². The van der Waals surface area contributed by atoms with E-state index < -0.39 is 10.0 Å². The van der Waals surface area contributed by atoms with Crippen LogP contribution in [0.2, 0.25) is 0 Å². The largest absolute Gasteiger partial charge is 0.369 e. The number of nitrogens with one attached hydrogen (secondary N) is 1. The molecule has 144 valence electrons. The Balaban J connectivity index is 1.64. The van der Waals surface area contributed by atoms with Crippen molar-refractivity contribution in [3.05, 3.63) is 54.1 Å². The predicted molar refractivity (Wildman–Crippen MR) is 108 cm³/mol. The quantitative estimate of drug-likeness (QED) is 0.856. The fourth-order valence-electron chi connectivity index (χ4n) is 3.19. The molecule has 1 amide bonds. The lowest BCUT2D eigenvalue weighted by Crippen LogP contribution is -2.48. The SMILES string of the molecule is CCc1ccc(S(=O)(=O)N2CCN(c3ccc(NC(C)=O)cc3)CC2)cc1. The van der Waals surface area contributed by atoms with Crippen LogP contribution in [0, 0.1) is 0 Å². The Morgan fingerprint density at radius 3 is 2.07 bits per heavy atom. The molecule has 7 heteroatoms. The lowest BCUT2D eigenvalue weighted by atomic mass is 10.2. The normalized spacial score (nSPS) is 15.6. The maximum absolute atomic E-state index is 12.8. The number of sulfonamides is 1. The molecule has 1 fully saturated rings. The van der Waals surface area contributed by atoms with Gasteiger partial charge in [-0.3, -0.25) is 4.79 Å². The number of hydrogen-bond acceptors (Lipinski definition) is 4. The van der Waals surface area contributed by atoms with E-state index in [0.717, 1.165) is 23.4 Å². The summed E-state index contributed by atoms with van der Waals surface area (Å²) in [4.78, 5) is 13.6. The minimum Gasteiger partial charge on any atom is -0.369 e. The number of benzene rings is 2. The molecule has 0 spiro atoms. The Labute approximate surface area is 160 Å². The van der Waals surface area contributed by atoms with E-state index in [1.807, 2.05) is 43.3 Å². The van der Waals surface area contributed by atoms with Gasteiger partial charge in [0.1, 0.15) is 0 Å². The average Bonchev–Trinajstić information content (AvgIpc) is 2.68. The Bertz CT molecular complexity index is 885. The molecular formula is C20H25N3O3S. The van der Waals surface area contributed by atoms with Gasteiger partial charge in [-0.2, -0.15) is 4.31 Å². The fourth-order valence-corrected chi connectivity index (χ4v) is 4.61. The number of anilines is 2. The van der Waals surface area contributed by atoms with Gasteiger partial charge in [-0.25, -0.2) is 8.42 Å². The Morgan fingerprint density at radius 2 is 1.56 bits per heavy atom. The number of piperazine rings is 1. The second-order valence-electron chi connectivity index (χ2n) is 6.62. The summed E-state index contributed by atoms with van der Waals surface area (Å²) < 4.78 is 27.2. The van der Waals surface area contributed by atoms with E-state index in [1.54, 1.807) is 16.4 Å². The molecule has 6 nitrogen and oxygen atoms in total. The average molecular weight is 388 g/mol. The smallest absolute Gasteiger partial charge is 0.243 e. The highest BCUT2D eigenvalue weighted by Crippen LogP contribution is 2.23. The number of rotatable bonds is 5. The molecule has 1 saturated heterocycles. The third-order valence-electron chi connectivity index (χ3n) is 4.76. The predicted octanol–water partition coefficient (Wildman–Crippen LogP) is 2.72. The van der Waals surface area contributed by atoms with E-state index in [0.29, 0.717) is 31.1 Å². The number of amides is 1. The highest BCUT2D eigenvalue weighted by Gasteiger charge is 2.28. The van der Waals surface area contributed by atoms with Crippen molar-refractivity contribution in [2.75, 3.05) is 36.4 Å². The topological polar surface area (TPSA) is 69.7 Å². The van der Waals surface area contributed by atoms with Crippen molar-refractivity contribution < 1.29 is 13.2 Å². The van der Waals surface area contributed by atoms with Crippen LogP contribution in [0.4, 0.5) is 11.4 Å². The van der Waals surface area contributed by atoms with Crippen molar-refractivity contribution >= 4 is 27.3 Å². The lowest BCUT2D eigenvalue weighted by molar-refractivity contribution is -0.114. The number of aryl methyl sites for hydroxylation is 1. The number of carbonyl (C=O) groups excluding carboxylic acids is 1. The van der Waals surface area contributed by atoms with Crippen LogP contribution in [0.5, 0.6) is 0 Å². The number of hydrogen-bond donors (Lipinski definition) is 1. The molecule has 1 N–H and O–H groups in total. The Kier molecular flexibility index (Phi) is 5.82. The second kappa shape index (κ2) is 8.10. The first-order valence-corrected chi connectivity index (χ1v) is 10.6. The molecule has 0 aromatic heterocycles. The molecule has 0 aliphatic carbocycles. The molecule has 0 saturated carbocycles. The van der Waals surface area contributed by atoms with Crippen LogP contribution in [-0.4, -0.2) is 44.8 Å². The zero-order valence-corrected chi connectivity index (χ0v) is 16.5. The van der Waals surface area contributed by atoms with E-state index in [2.05, 4.69) is 10.2 Å². The van der Waals surface area contributed by atoms with Gasteiger partial charge < -0.3 is 10.2 Å². The van der Waals surface area contributed by atoms with Gasteiger partial charge in [-0.05, 0) is 48.4 Å². The van der Waals surface area contributed by atoms with Crippen LogP contribution in [0.15, 0.2) is 53.4 Å². The monoisotopic (exact) mass is 387 g/mol. The van der Waals surface area contributed by atoms with E-state index in [4.69, 9.17) is 0 Å². The molecule has 1 heterocycles. The minimum atomic E-state index is -3.45. The summed E-state index contributed by atoms with van der Waals surface area (Å²) in [6, 6.07) is 14.7. The van der Waals surface area contributed by atoms with Gasteiger partial charge in [0.2, 0.25) is 15.9 Å². The molecule has 0 radical (unpaired) electrons. The fraction of sp³-hybridized carbons (Fsp3) is 0.350. The maximum Gasteiger partial charge on any atom is 0.243 e. The Hall–Kier alpha value is -2.38. The van der Waals surface area contributed by atoms with Gasteiger partial charge in [0, 0.05) is 44.5 Å². The van der Waals surface area contributed by atoms with Crippen molar-refractivity contribution in [1.82, 2.24) is 4.31 Å². The molecule has 1 aliphatic rings. The van der Waals surface area contributed by atoms with Gasteiger partial charge in [-0.1, -0.05) is 19.1 Å². The summed E-state index contributed by atoms with van der Waals surface area (Å²) in [5.41, 5.74) is 2.90. The minimum absolute atomic E-state index is 0.103. The molecule has 2 aromatic rings. The number of carbonyl (C=O) groups is 1. The van der Waals surface area contributed by atoms with Crippen LogP contribution in [-0.2, 0) is 21.2 Å². The van der Waals surface area contributed by atoms with Crippen LogP contribution in [0.25, 0.3) is 0 Å². The zero-order valence-electron chi connectivity index (χ0n) is 15.7. The van der Waals surface area contributed by atoms with Gasteiger partial charge in [-0.15, -0.1) is 0 Å². The summed E-state index contributed by atoms with van der Waals surface area (Å²) in [6.45, 7) is 5.68. The zero-order chi connectivity index (χ0) is 19.4. The highest BCUT2D eigenvalue weighted by atomic mass is 32.2. The third kappa shape index (κ3) is 4.48. The summed E-state index contributed by atoms with van der Waals surface area (Å²) in [5, 5.41) is 2.74. The molecule has 1 aliphatic heterocycles. The standard InChI is InChI=1S/C20H25N3O3S/c1-3-17-4-10-20(11-5-17)27(25,26)23-14-12-22(13-15-23)19-8-6-18(7-9-19)21-16(2)24/h4-11H,3,12-15H2,1-2H3,(H,21,24). The third-order valence-corrected chi connectivity index (χ3v) is 6.67. The van der Waals surface area contributed by atoms with Gasteiger partial charge in [0.15, 0.2) is 0 Å². The molecule has 0 atom stereocenters. The first-order chi connectivity index (χ1) is 12.9. The maximum atomic E-state index is 12.8. The summed E-state index contributed by atoms with van der Waals surface area (Å²) >= 11 is 0. The highest BCUT2D eigenvalue weighted by molar-refractivity contribution is 7.89. The van der Waals surface area contributed by atoms with E-state index in [1.165, 1.54) is 6.92 Å². The van der Waals surface area contributed by atoms with Crippen molar-refractivity contribution in [1.29, 1.82) is 0 Å². The van der Waals surface area contributed by atoms with Gasteiger partial charge >= 0.3 is 0 Å². The second-order valence-corrected chi connectivity index (χ2v) is 8.55. The molecule has 2 aromatic carbocycles. The summed E-state index contributed by atoms with van der Waals surface area (Å²) in [6.07, 6.45) is 0.889. The van der Waals surface area contributed by atoms with Crippen LogP contribution in [0.1, 0.15) is 19.4 Å². The molecular weight excluding hydrogens is 362 g/mol. The Morgan fingerprint density at radius 1 is 0.963 bits per heavy atom.